The van der Waals surface area contributed by atoms with Crippen LogP contribution in [-0.2, 0) is 24.7 Å². The number of hydrogen-bond donors (Lipinski definition) is 3. The van der Waals surface area contributed by atoms with E-state index in [1.165, 1.54) is 24.3 Å². The van der Waals surface area contributed by atoms with E-state index in [9.17, 15) is 26.4 Å². The molecular weight excluding hydrogens is 382 g/mol. The summed E-state index contributed by atoms with van der Waals surface area (Å²) < 4.78 is 49.9. The molecule has 1 saturated carbocycles. The van der Waals surface area contributed by atoms with Gasteiger partial charge in [-0.15, -0.1) is 0 Å². The number of benzene rings is 1. The summed E-state index contributed by atoms with van der Waals surface area (Å²) in [7, 11) is -7.08. The molecule has 1 aliphatic carbocycles. The van der Waals surface area contributed by atoms with Gasteiger partial charge in [-0.25, -0.2) is 21.6 Å². The summed E-state index contributed by atoms with van der Waals surface area (Å²) in [6.07, 6.45) is 1.86. The number of nitrogens with one attached hydrogen (secondary N) is 3. The average molecular weight is 401 g/mol. The Morgan fingerprint density at radius 2 is 1.65 bits per heavy atom. The quantitative estimate of drug-likeness (QED) is 0.559. The molecule has 3 rings (SSSR count). The highest BCUT2D eigenvalue weighted by atomic mass is 32.2. The van der Waals surface area contributed by atoms with Gasteiger partial charge in [0.2, 0.25) is 15.9 Å². The van der Waals surface area contributed by atoms with Crippen LogP contribution >= 0.6 is 0 Å². The summed E-state index contributed by atoms with van der Waals surface area (Å²) >= 11 is 0. The lowest BCUT2D eigenvalue weighted by molar-refractivity contribution is -0.123. The highest BCUT2D eigenvalue weighted by molar-refractivity contribution is 7.92. The summed E-state index contributed by atoms with van der Waals surface area (Å²) in [6.45, 7) is 0. The molecule has 0 radical (unpaired) electrons. The first-order valence-electron chi connectivity index (χ1n) is 8.09. The lowest BCUT2D eigenvalue weighted by Crippen LogP contribution is -2.42. The standard InChI is InChI=1S/C15H19N3O6S2/c19-14(10-1-2-10)16-17-15(20)11-3-5-13(6-4-11)26(23,24)18-12-7-8-25(21,22)9-12/h3-6,10,12,18H,1-2,7-9H2,(H,16,19)(H,17,20). The van der Waals surface area contributed by atoms with E-state index >= 15 is 0 Å². The van der Waals surface area contributed by atoms with E-state index in [4.69, 9.17) is 0 Å². The second kappa shape index (κ2) is 6.97. The van der Waals surface area contributed by atoms with Gasteiger partial charge in [-0.2, -0.15) is 0 Å². The van der Waals surface area contributed by atoms with Crippen molar-refractivity contribution in [2.24, 2.45) is 5.92 Å². The maximum atomic E-state index is 12.3. The molecule has 1 aromatic rings. The third-order valence-corrected chi connectivity index (χ3v) is 7.53. The summed E-state index contributed by atoms with van der Waals surface area (Å²) in [6, 6.07) is 4.50. The first kappa shape index (κ1) is 18.8. The van der Waals surface area contributed by atoms with E-state index in [0.29, 0.717) is 0 Å². The second-order valence-electron chi connectivity index (χ2n) is 6.46. The number of hydrogen-bond acceptors (Lipinski definition) is 6. The van der Waals surface area contributed by atoms with Gasteiger partial charge in [-0.1, -0.05) is 0 Å². The molecule has 1 aromatic carbocycles. The van der Waals surface area contributed by atoms with Crippen LogP contribution in [0.4, 0.5) is 0 Å². The Morgan fingerprint density at radius 3 is 2.19 bits per heavy atom. The molecule has 0 spiro atoms. The van der Waals surface area contributed by atoms with Crippen LogP contribution in [0.5, 0.6) is 0 Å². The van der Waals surface area contributed by atoms with Crippen molar-refractivity contribution in [2.75, 3.05) is 11.5 Å². The normalized spacial score (nSPS) is 21.9. The molecular formula is C15H19N3O6S2. The molecule has 1 unspecified atom stereocenters. The van der Waals surface area contributed by atoms with E-state index in [2.05, 4.69) is 15.6 Å². The molecule has 11 heteroatoms. The van der Waals surface area contributed by atoms with E-state index < -0.39 is 31.8 Å². The molecule has 1 atom stereocenters. The molecule has 0 aromatic heterocycles. The Balaban J connectivity index is 1.60. The van der Waals surface area contributed by atoms with Crippen LogP contribution in [0, 0.1) is 5.92 Å². The minimum absolute atomic E-state index is 0.0358. The zero-order chi connectivity index (χ0) is 18.9. The van der Waals surface area contributed by atoms with Crippen LogP contribution in [0.2, 0.25) is 0 Å². The maximum absolute atomic E-state index is 12.3. The largest absolute Gasteiger partial charge is 0.273 e. The Kier molecular flexibility index (Phi) is 5.04. The predicted molar refractivity (Wildman–Crippen MR) is 92.2 cm³/mol. The van der Waals surface area contributed by atoms with Gasteiger partial charge in [0.25, 0.3) is 5.91 Å². The zero-order valence-electron chi connectivity index (χ0n) is 13.8. The first-order chi connectivity index (χ1) is 12.2. The predicted octanol–water partition coefficient (Wildman–Crippen LogP) is -0.677. The van der Waals surface area contributed by atoms with Crippen LogP contribution in [0.1, 0.15) is 29.6 Å². The van der Waals surface area contributed by atoms with E-state index in [0.717, 1.165) is 12.8 Å². The number of sulfonamides is 1. The SMILES string of the molecule is O=C(NNC(=O)C1CC1)c1ccc(S(=O)(=O)NC2CCS(=O)(=O)C2)cc1. The van der Waals surface area contributed by atoms with E-state index in [-0.39, 0.29) is 40.2 Å². The molecule has 2 amide bonds. The van der Waals surface area contributed by atoms with Gasteiger partial charge in [0.05, 0.1) is 16.4 Å². The monoisotopic (exact) mass is 401 g/mol. The van der Waals surface area contributed by atoms with Crippen LogP contribution in [0.25, 0.3) is 0 Å². The second-order valence-corrected chi connectivity index (χ2v) is 10.4. The van der Waals surface area contributed by atoms with Gasteiger partial charge >= 0.3 is 0 Å². The topological polar surface area (TPSA) is 139 Å². The molecule has 1 heterocycles. The molecule has 2 aliphatic rings. The average Bonchev–Trinajstić information content (AvgIpc) is 3.37. The number of amides is 2. The lowest BCUT2D eigenvalue weighted by Gasteiger charge is -2.12. The fourth-order valence-corrected chi connectivity index (χ4v) is 5.65. The highest BCUT2D eigenvalue weighted by Gasteiger charge is 2.32. The molecule has 2 fully saturated rings. The molecule has 0 bridgehead atoms. The first-order valence-corrected chi connectivity index (χ1v) is 11.4. The smallest absolute Gasteiger partial charge is 0.269 e. The highest BCUT2D eigenvalue weighted by Crippen LogP contribution is 2.28. The van der Waals surface area contributed by atoms with Gasteiger partial charge in [0.1, 0.15) is 0 Å². The summed E-state index contributed by atoms with van der Waals surface area (Å²) in [4.78, 5) is 23.4. The number of hydrazine groups is 1. The van der Waals surface area contributed by atoms with Crippen LogP contribution in [0.3, 0.4) is 0 Å². The Hall–Kier alpha value is -1.98. The molecule has 1 aliphatic heterocycles. The van der Waals surface area contributed by atoms with Crippen molar-refractivity contribution in [3.8, 4) is 0 Å². The molecule has 142 valence electrons. The Bertz CT molecular complexity index is 921. The van der Waals surface area contributed by atoms with Gasteiger partial charge in [-0.05, 0) is 43.5 Å². The maximum Gasteiger partial charge on any atom is 0.269 e. The fraction of sp³-hybridized carbons (Fsp3) is 0.467. The summed E-state index contributed by atoms with van der Waals surface area (Å²) in [5.41, 5.74) is 4.78. The number of carbonyl (C=O) groups is 2. The summed E-state index contributed by atoms with van der Waals surface area (Å²) in [5.74, 6) is -1.10. The Labute approximate surface area is 151 Å². The number of sulfone groups is 1. The Morgan fingerprint density at radius 1 is 1.00 bits per heavy atom. The molecule has 3 N–H and O–H groups in total. The third kappa shape index (κ3) is 4.59. The molecule has 1 saturated heterocycles. The van der Waals surface area contributed by atoms with Crippen molar-refractivity contribution >= 4 is 31.7 Å². The van der Waals surface area contributed by atoms with Crippen molar-refractivity contribution in [2.45, 2.75) is 30.2 Å². The molecule has 9 nitrogen and oxygen atoms in total. The summed E-state index contributed by atoms with van der Waals surface area (Å²) in [5, 5.41) is 0. The van der Waals surface area contributed by atoms with Gasteiger partial charge in [0, 0.05) is 17.5 Å². The number of carbonyl (C=O) groups excluding carboxylic acids is 2. The van der Waals surface area contributed by atoms with Crippen molar-refractivity contribution in [1.29, 1.82) is 0 Å². The minimum atomic E-state index is -3.88. The fourth-order valence-electron chi connectivity index (χ4n) is 2.60. The van der Waals surface area contributed by atoms with Gasteiger partial charge < -0.3 is 0 Å². The van der Waals surface area contributed by atoms with Gasteiger partial charge in [-0.3, -0.25) is 20.4 Å². The minimum Gasteiger partial charge on any atom is -0.273 e. The van der Waals surface area contributed by atoms with Crippen LogP contribution < -0.4 is 15.6 Å². The van der Waals surface area contributed by atoms with Crippen molar-refractivity contribution in [1.82, 2.24) is 15.6 Å². The van der Waals surface area contributed by atoms with Crippen molar-refractivity contribution in [3.05, 3.63) is 29.8 Å². The van der Waals surface area contributed by atoms with E-state index in [1.54, 1.807) is 0 Å². The van der Waals surface area contributed by atoms with Gasteiger partial charge in [0.15, 0.2) is 9.84 Å². The van der Waals surface area contributed by atoms with Crippen LogP contribution in [-0.4, -0.2) is 46.2 Å². The van der Waals surface area contributed by atoms with Crippen molar-refractivity contribution in [3.63, 3.8) is 0 Å². The van der Waals surface area contributed by atoms with Crippen LogP contribution in [0.15, 0.2) is 29.2 Å². The lowest BCUT2D eigenvalue weighted by atomic mass is 10.2. The molecule has 26 heavy (non-hydrogen) atoms. The third-order valence-electron chi connectivity index (χ3n) is 4.23. The number of rotatable bonds is 5. The van der Waals surface area contributed by atoms with Crippen molar-refractivity contribution < 1.29 is 26.4 Å². The zero-order valence-corrected chi connectivity index (χ0v) is 15.4. The van der Waals surface area contributed by atoms with E-state index in [1.807, 2.05) is 0 Å².